The summed E-state index contributed by atoms with van der Waals surface area (Å²) in [5.74, 6) is 3.58. The smallest absolute Gasteiger partial charge is 0.154 e. The van der Waals surface area contributed by atoms with Gasteiger partial charge in [0, 0.05) is 18.9 Å². The molecular weight excluding hydrogens is 200 g/mol. The molecule has 4 heteroatoms. The second kappa shape index (κ2) is 4.17. The van der Waals surface area contributed by atoms with Gasteiger partial charge in [-0.2, -0.15) is 5.10 Å². The van der Waals surface area contributed by atoms with Crippen molar-refractivity contribution in [1.82, 2.24) is 20.1 Å². The second-order valence-electron chi connectivity index (χ2n) is 5.10. The minimum atomic E-state index is 0.585. The monoisotopic (exact) mass is 220 g/mol. The van der Waals surface area contributed by atoms with Crippen LogP contribution in [0.1, 0.15) is 55.6 Å². The third-order valence-electron chi connectivity index (χ3n) is 3.99. The molecule has 1 N–H and O–H groups in total. The molecule has 2 fully saturated rings. The van der Waals surface area contributed by atoms with Crippen LogP contribution in [0.3, 0.4) is 0 Å². The summed E-state index contributed by atoms with van der Waals surface area (Å²) >= 11 is 0. The highest BCUT2D eigenvalue weighted by molar-refractivity contribution is 5.07. The van der Waals surface area contributed by atoms with Gasteiger partial charge in [0.05, 0.1) is 0 Å². The average Bonchev–Trinajstić information content (AvgIpc) is 2.60. The average molecular weight is 220 g/mol. The predicted molar refractivity (Wildman–Crippen MR) is 62.4 cm³/mol. The molecular formula is C12H20N4. The Labute approximate surface area is 96.4 Å². The van der Waals surface area contributed by atoms with Gasteiger partial charge in [-0.05, 0) is 38.8 Å². The minimum absolute atomic E-state index is 0.585. The van der Waals surface area contributed by atoms with Gasteiger partial charge in [-0.1, -0.05) is 6.42 Å². The van der Waals surface area contributed by atoms with Crippen molar-refractivity contribution in [2.75, 3.05) is 13.1 Å². The summed E-state index contributed by atoms with van der Waals surface area (Å²) in [4.78, 5) is 4.78. The first-order valence-corrected chi connectivity index (χ1v) is 6.46. The van der Waals surface area contributed by atoms with Crippen molar-refractivity contribution in [2.45, 2.75) is 43.9 Å². The van der Waals surface area contributed by atoms with Crippen molar-refractivity contribution in [1.29, 1.82) is 0 Å². The lowest BCUT2D eigenvalue weighted by Crippen LogP contribution is -2.27. The van der Waals surface area contributed by atoms with E-state index in [0.717, 1.165) is 18.9 Å². The maximum Gasteiger partial charge on any atom is 0.154 e. The summed E-state index contributed by atoms with van der Waals surface area (Å²) in [5, 5.41) is 8.00. The number of nitrogens with zero attached hydrogens (tertiary/aromatic N) is 3. The van der Waals surface area contributed by atoms with E-state index >= 15 is 0 Å². The SMILES string of the molecule is Cn1nc(C2CCNCC2)nc1C1CCC1. The van der Waals surface area contributed by atoms with Crippen LogP contribution in [-0.2, 0) is 7.05 Å². The molecule has 3 rings (SSSR count). The van der Waals surface area contributed by atoms with E-state index in [1.54, 1.807) is 0 Å². The van der Waals surface area contributed by atoms with Gasteiger partial charge in [-0.25, -0.2) is 4.98 Å². The first kappa shape index (κ1) is 10.3. The topological polar surface area (TPSA) is 42.7 Å². The Morgan fingerprint density at radius 2 is 1.88 bits per heavy atom. The summed E-state index contributed by atoms with van der Waals surface area (Å²) < 4.78 is 2.02. The number of hydrogen-bond acceptors (Lipinski definition) is 3. The zero-order valence-corrected chi connectivity index (χ0v) is 9.95. The lowest BCUT2D eigenvalue weighted by atomic mass is 9.85. The van der Waals surface area contributed by atoms with Crippen molar-refractivity contribution in [3.63, 3.8) is 0 Å². The number of piperidine rings is 1. The van der Waals surface area contributed by atoms with E-state index in [9.17, 15) is 0 Å². The molecule has 1 aliphatic heterocycles. The lowest BCUT2D eigenvalue weighted by Gasteiger charge is -2.23. The van der Waals surface area contributed by atoms with Gasteiger partial charge >= 0.3 is 0 Å². The van der Waals surface area contributed by atoms with E-state index in [-0.39, 0.29) is 0 Å². The Morgan fingerprint density at radius 3 is 2.50 bits per heavy atom. The molecule has 4 nitrogen and oxygen atoms in total. The number of nitrogens with one attached hydrogen (secondary N) is 1. The van der Waals surface area contributed by atoms with Crippen LogP contribution in [-0.4, -0.2) is 27.9 Å². The quantitative estimate of drug-likeness (QED) is 0.822. The van der Waals surface area contributed by atoms with Gasteiger partial charge < -0.3 is 5.32 Å². The Morgan fingerprint density at radius 1 is 1.12 bits per heavy atom. The van der Waals surface area contributed by atoms with Crippen LogP contribution in [0.4, 0.5) is 0 Å². The van der Waals surface area contributed by atoms with Crippen LogP contribution in [0.2, 0.25) is 0 Å². The second-order valence-corrected chi connectivity index (χ2v) is 5.10. The molecule has 0 aromatic carbocycles. The fourth-order valence-corrected chi connectivity index (χ4v) is 2.69. The third-order valence-corrected chi connectivity index (χ3v) is 3.99. The molecule has 0 spiro atoms. The van der Waals surface area contributed by atoms with Gasteiger partial charge in [0.2, 0.25) is 0 Å². The number of hydrogen-bond donors (Lipinski definition) is 1. The van der Waals surface area contributed by atoms with E-state index in [2.05, 4.69) is 10.4 Å². The third kappa shape index (κ3) is 1.75. The van der Waals surface area contributed by atoms with Crippen molar-refractivity contribution in [3.8, 4) is 0 Å². The zero-order chi connectivity index (χ0) is 11.0. The normalized spacial score (nSPS) is 23.3. The Balaban J connectivity index is 1.79. The van der Waals surface area contributed by atoms with Gasteiger partial charge in [-0.3, -0.25) is 4.68 Å². The summed E-state index contributed by atoms with van der Waals surface area (Å²) in [6.07, 6.45) is 6.35. The van der Waals surface area contributed by atoms with Crippen molar-refractivity contribution < 1.29 is 0 Å². The highest BCUT2D eigenvalue weighted by Gasteiger charge is 2.27. The molecule has 0 atom stereocenters. The molecule has 1 aliphatic carbocycles. The first-order chi connectivity index (χ1) is 7.84. The van der Waals surface area contributed by atoms with Crippen LogP contribution in [0, 0.1) is 0 Å². The van der Waals surface area contributed by atoms with E-state index in [1.807, 2.05) is 11.7 Å². The molecule has 1 aromatic rings. The molecule has 0 amide bonds. The van der Waals surface area contributed by atoms with Crippen LogP contribution < -0.4 is 5.32 Å². The largest absolute Gasteiger partial charge is 0.317 e. The summed E-state index contributed by atoms with van der Waals surface area (Å²) in [5.41, 5.74) is 0. The zero-order valence-electron chi connectivity index (χ0n) is 9.95. The molecule has 2 heterocycles. The van der Waals surface area contributed by atoms with Gasteiger partial charge in [0.15, 0.2) is 5.82 Å². The van der Waals surface area contributed by atoms with Crippen LogP contribution in [0.5, 0.6) is 0 Å². The molecule has 1 aromatic heterocycles. The van der Waals surface area contributed by atoms with E-state index < -0.39 is 0 Å². The fourth-order valence-electron chi connectivity index (χ4n) is 2.69. The summed E-state index contributed by atoms with van der Waals surface area (Å²) in [6.45, 7) is 2.23. The van der Waals surface area contributed by atoms with Gasteiger partial charge in [-0.15, -0.1) is 0 Å². The fraction of sp³-hybridized carbons (Fsp3) is 0.833. The first-order valence-electron chi connectivity index (χ1n) is 6.46. The highest BCUT2D eigenvalue weighted by Crippen LogP contribution is 2.35. The molecule has 0 bridgehead atoms. The molecule has 0 unspecified atom stereocenters. The van der Waals surface area contributed by atoms with Crippen LogP contribution in [0.15, 0.2) is 0 Å². The number of aromatic nitrogens is 3. The van der Waals surface area contributed by atoms with Crippen molar-refractivity contribution >= 4 is 0 Å². The maximum atomic E-state index is 4.78. The van der Waals surface area contributed by atoms with Crippen molar-refractivity contribution in [2.24, 2.45) is 7.05 Å². The Bertz CT molecular complexity index is 361. The highest BCUT2D eigenvalue weighted by atomic mass is 15.3. The maximum absolute atomic E-state index is 4.78. The molecule has 1 saturated carbocycles. The molecule has 16 heavy (non-hydrogen) atoms. The minimum Gasteiger partial charge on any atom is -0.317 e. The number of aryl methyl sites for hydroxylation is 1. The molecule has 88 valence electrons. The lowest BCUT2D eigenvalue weighted by molar-refractivity contribution is 0.388. The molecule has 0 radical (unpaired) electrons. The molecule has 1 saturated heterocycles. The van der Waals surface area contributed by atoms with Gasteiger partial charge in [0.25, 0.3) is 0 Å². The van der Waals surface area contributed by atoms with Crippen molar-refractivity contribution in [3.05, 3.63) is 11.6 Å². The van der Waals surface area contributed by atoms with Crippen LogP contribution in [0.25, 0.3) is 0 Å². The summed E-state index contributed by atoms with van der Waals surface area (Å²) in [6, 6.07) is 0. The Hall–Kier alpha value is -0.900. The van der Waals surface area contributed by atoms with E-state index in [4.69, 9.17) is 4.98 Å². The van der Waals surface area contributed by atoms with E-state index in [1.165, 1.54) is 37.9 Å². The van der Waals surface area contributed by atoms with E-state index in [0.29, 0.717) is 11.8 Å². The summed E-state index contributed by atoms with van der Waals surface area (Å²) in [7, 11) is 2.05. The Kier molecular flexibility index (Phi) is 2.67. The van der Waals surface area contributed by atoms with Crippen LogP contribution >= 0.6 is 0 Å². The predicted octanol–water partition coefficient (Wildman–Crippen LogP) is 1.55. The van der Waals surface area contributed by atoms with Gasteiger partial charge in [0.1, 0.15) is 5.82 Å². The number of rotatable bonds is 2. The molecule has 2 aliphatic rings. The standard InChI is InChI=1S/C12H20N4/c1-16-12(10-3-2-4-10)14-11(15-16)9-5-7-13-8-6-9/h9-10,13H,2-8H2,1H3.